The van der Waals surface area contributed by atoms with Gasteiger partial charge in [-0.2, -0.15) is 10.5 Å². The SMILES string of the molecule is COc1cc(C#N)ccc1OCCOc1ccc(C#N)cc1. The lowest BCUT2D eigenvalue weighted by molar-refractivity contribution is 0.211. The molecule has 0 aromatic heterocycles. The molecule has 2 rings (SSSR count). The number of nitrogens with zero attached hydrogens (tertiary/aromatic N) is 2. The van der Waals surface area contributed by atoms with Gasteiger partial charge >= 0.3 is 0 Å². The van der Waals surface area contributed by atoms with Crippen molar-refractivity contribution in [2.24, 2.45) is 0 Å². The van der Waals surface area contributed by atoms with Gasteiger partial charge in [0.25, 0.3) is 0 Å². The van der Waals surface area contributed by atoms with Gasteiger partial charge in [-0.05, 0) is 36.4 Å². The molecule has 0 atom stereocenters. The maximum absolute atomic E-state index is 8.84. The Bertz CT molecular complexity index is 712. The van der Waals surface area contributed by atoms with Crippen LogP contribution in [0.4, 0.5) is 0 Å². The smallest absolute Gasteiger partial charge is 0.162 e. The molecule has 0 saturated heterocycles. The highest BCUT2D eigenvalue weighted by Gasteiger charge is 2.05. The highest BCUT2D eigenvalue weighted by atomic mass is 16.5. The van der Waals surface area contributed by atoms with Gasteiger partial charge < -0.3 is 14.2 Å². The largest absolute Gasteiger partial charge is 0.493 e. The van der Waals surface area contributed by atoms with Crippen molar-refractivity contribution >= 4 is 0 Å². The van der Waals surface area contributed by atoms with E-state index in [2.05, 4.69) is 0 Å². The molecule has 0 aliphatic heterocycles. The monoisotopic (exact) mass is 294 g/mol. The van der Waals surface area contributed by atoms with Crippen molar-refractivity contribution < 1.29 is 14.2 Å². The summed E-state index contributed by atoms with van der Waals surface area (Å²) >= 11 is 0. The van der Waals surface area contributed by atoms with Gasteiger partial charge in [-0.1, -0.05) is 0 Å². The number of ether oxygens (including phenoxy) is 3. The lowest BCUT2D eigenvalue weighted by Crippen LogP contribution is -2.09. The van der Waals surface area contributed by atoms with Crippen LogP contribution in [0.3, 0.4) is 0 Å². The highest BCUT2D eigenvalue weighted by molar-refractivity contribution is 5.46. The van der Waals surface area contributed by atoms with Crippen LogP contribution in [0.25, 0.3) is 0 Å². The lowest BCUT2D eigenvalue weighted by atomic mass is 10.2. The Morgan fingerprint density at radius 3 is 2.09 bits per heavy atom. The van der Waals surface area contributed by atoms with Gasteiger partial charge in [-0.15, -0.1) is 0 Å². The predicted molar refractivity (Wildman–Crippen MR) is 79.9 cm³/mol. The Hall–Kier alpha value is -3.18. The minimum atomic E-state index is 0.336. The van der Waals surface area contributed by atoms with Crippen LogP contribution >= 0.6 is 0 Å². The first kappa shape index (κ1) is 15.2. The third kappa shape index (κ3) is 3.91. The van der Waals surface area contributed by atoms with Crippen LogP contribution in [0.2, 0.25) is 0 Å². The van der Waals surface area contributed by atoms with Crippen molar-refractivity contribution in [2.45, 2.75) is 0 Å². The van der Waals surface area contributed by atoms with Crippen LogP contribution in [-0.4, -0.2) is 20.3 Å². The van der Waals surface area contributed by atoms with Crippen LogP contribution in [-0.2, 0) is 0 Å². The fourth-order valence-electron chi connectivity index (χ4n) is 1.79. The van der Waals surface area contributed by atoms with Crippen LogP contribution in [0, 0.1) is 22.7 Å². The number of rotatable bonds is 6. The van der Waals surface area contributed by atoms with Crippen molar-refractivity contribution in [1.29, 1.82) is 10.5 Å². The van der Waals surface area contributed by atoms with Gasteiger partial charge in [0.1, 0.15) is 19.0 Å². The van der Waals surface area contributed by atoms with Crippen molar-refractivity contribution in [3.05, 3.63) is 53.6 Å². The molecule has 0 radical (unpaired) electrons. The van der Waals surface area contributed by atoms with E-state index in [1.54, 1.807) is 42.5 Å². The van der Waals surface area contributed by atoms with Gasteiger partial charge in [0.05, 0.1) is 30.4 Å². The molecule has 0 amide bonds. The van der Waals surface area contributed by atoms with E-state index < -0.39 is 0 Å². The van der Waals surface area contributed by atoms with Gasteiger partial charge in [-0.25, -0.2) is 0 Å². The molecule has 0 saturated carbocycles. The van der Waals surface area contributed by atoms with Crippen LogP contribution in [0.5, 0.6) is 17.2 Å². The molecule has 22 heavy (non-hydrogen) atoms. The summed E-state index contributed by atoms with van der Waals surface area (Å²) in [6.07, 6.45) is 0. The molecule has 0 aliphatic carbocycles. The van der Waals surface area contributed by atoms with E-state index in [1.807, 2.05) is 12.1 Å². The summed E-state index contributed by atoms with van der Waals surface area (Å²) in [6, 6.07) is 15.9. The molecule has 0 heterocycles. The maximum Gasteiger partial charge on any atom is 0.162 e. The van der Waals surface area contributed by atoms with Crippen molar-refractivity contribution in [3.8, 4) is 29.4 Å². The first-order chi connectivity index (χ1) is 10.8. The second kappa shape index (κ2) is 7.56. The molecular weight excluding hydrogens is 280 g/mol. The number of hydrogen-bond donors (Lipinski definition) is 0. The minimum Gasteiger partial charge on any atom is -0.493 e. The maximum atomic E-state index is 8.84. The molecular formula is C17H14N2O3. The quantitative estimate of drug-likeness (QED) is 0.766. The zero-order valence-electron chi connectivity index (χ0n) is 12.1. The first-order valence-corrected chi connectivity index (χ1v) is 6.60. The Morgan fingerprint density at radius 1 is 0.818 bits per heavy atom. The summed E-state index contributed by atoms with van der Waals surface area (Å²) in [6.45, 7) is 0.692. The van der Waals surface area contributed by atoms with E-state index in [9.17, 15) is 0 Å². The number of benzene rings is 2. The van der Waals surface area contributed by atoms with E-state index in [4.69, 9.17) is 24.7 Å². The van der Waals surface area contributed by atoms with Crippen molar-refractivity contribution in [1.82, 2.24) is 0 Å². The van der Waals surface area contributed by atoms with Crippen molar-refractivity contribution in [3.63, 3.8) is 0 Å². The number of hydrogen-bond acceptors (Lipinski definition) is 5. The summed E-state index contributed by atoms with van der Waals surface area (Å²) in [5, 5.41) is 17.6. The Morgan fingerprint density at radius 2 is 1.45 bits per heavy atom. The zero-order valence-corrected chi connectivity index (χ0v) is 12.1. The molecule has 0 spiro atoms. The van der Waals surface area contributed by atoms with Gasteiger partial charge in [0.2, 0.25) is 0 Å². The van der Waals surface area contributed by atoms with Gasteiger partial charge in [-0.3, -0.25) is 0 Å². The topological polar surface area (TPSA) is 75.3 Å². The van der Waals surface area contributed by atoms with E-state index in [0.717, 1.165) is 0 Å². The molecule has 0 bridgehead atoms. The summed E-state index contributed by atoms with van der Waals surface area (Å²) in [7, 11) is 1.52. The second-order valence-corrected chi connectivity index (χ2v) is 4.31. The van der Waals surface area contributed by atoms with E-state index in [0.29, 0.717) is 41.6 Å². The van der Waals surface area contributed by atoms with Crippen LogP contribution in [0.1, 0.15) is 11.1 Å². The molecule has 110 valence electrons. The average molecular weight is 294 g/mol. The third-order valence-corrected chi connectivity index (χ3v) is 2.89. The first-order valence-electron chi connectivity index (χ1n) is 6.60. The minimum absolute atomic E-state index is 0.336. The Labute approximate surface area is 128 Å². The summed E-state index contributed by atoms with van der Waals surface area (Å²) < 4.78 is 16.3. The molecule has 0 fully saturated rings. The Balaban J connectivity index is 1.86. The standard InChI is InChI=1S/C17H14N2O3/c1-20-17-10-14(12-19)4-7-16(17)22-9-8-21-15-5-2-13(11-18)3-6-15/h2-7,10H,8-9H2,1H3. The fraction of sp³-hybridized carbons (Fsp3) is 0.176. The predicted octanol–water partition coefficient (Wildman–Crippen LogP) is 2.90. The van der Waals surface area contributed by atoms with Gasteiger partial charge in [0.15, 0.2) is 11.5 Å². The zero-order chi connectivity index (χ0) is 15.8. The molecule has 5 nitrogen and oxygen atoms in total. The molecule has 0 N–H and O–H groups in total. The van der Waals surface area contributed by atoms with Crippen LogP contribution < -0.4 is 14.2 Å². The van der Waals surface area contributed by atoms with Crippen molar-refractivity contribution in [2.75, 3.05) is 20.3 Å². The molecule has 2 aromatic rings. The van der Waals surface area contributed by atoms with E-state index in [1.165, 1.54) is 7.11 Å². The molecule has 0 unspecified atom stereocenters. The van der Waals surface area contributed by atoms with E-state index >= 15 is 0 Å². The summed E-state index contributed by atoms with van der Waals surface area (Å²) in [5.74, 6) is 1.75. The number of nitriles is 2. The van der Waals surface area contributed by atoms with Gasteiger partial charge in [0, 0.05) is 6.07 Å². The summed E-state index contributed by atoms with van der Waals surface area (Å²) in [5.41, 5.74) is 1.10. The number of methoxy groups -OCH3 is 1. The second-order valence-electron chi connectivity index (χ2n) is 4.31. The molecule has 5 heteroatoms. The Kier molecular flexibility index (Phi) is 5.23. The van der Waals surface area contributed by atoms with E-state index in [-0.39, 0.29) is 0 Å². The summed E-state index contributed by atoms with van der Waals surface area (Å²) in [4.78, 5) is 0. The average Bonchev–Trinajstić information content (AvgIpc) is 2.59. The normalized spacial score (nSPS) is 9.41. The molecule has 2 aromatic carbocycles. The highest BCUT2D eigenvalue weighted by Crippen LogP contribution is 2.27. The fourth-order valence-corrected chi connectivity index (χ4v) is 1.79. The van der Waals surface area contributed by atoms with Crippen LogP contribution in [0.15, 0.2) is 42.5 Å². The molecule has 0 aliphatic rings. The third-order valence-electron chi connectivity index (χ3n) is 2.89. The lowest BCUT2D eigenvalue weighted by Gasteiger charge is -2.11.